The number of likely N-dealkylation sites (tertiary alicyclic amines) is 1. The number of carbonyl (C=O) groups excluding carboxylic acids is 3. The lowest BCUT2D eigenvalue weighted by atomic mass is 9.76. The number of pyridine rings is 1. The molecule has 1 atom stereocenters. The van der Waals surface area contributed by atoms with E-state index in [1.807, 2.05) is 17.0 Å². The normalized spacial score (nSPS) is 19.3. The van der Waals surface area contributed by atoms with Crippen molar-refractivity contribution in [3.05, 3.63) is 54.4 Å². The summed E-state index contributed by atoms with van der Waals surface area (Å²) in [6, 6.07) is 12.3. The number of nitrogens with zero attached hydrogens (tertiary/aromatic N) is 2. The molecule has 0 bridgehead atoms. The topological polar surface area (TPSA) is 117 Å². The van der Waals surface area contributed by atoms with Gasteiger partial charge in [-0.3, -0.25) is 24.3 Å². The molecular weight excluding hydrogens is 370 g/mol. The Bertz CT molecular complexity index is 885. The molecule has 1 saturated heterocycles. The molecule has 1 aromatic heterocycles. The van der Waals surface area contributed by atoms with Crippen molar-refractivity contribution >= 4 is 29.1 Å². The van der Waals surface area contributed by atoms with Crippen LogP contribution in [0.1, 0.15) is 25.5 Å². The van der Waals surface area contributed by atoms with E-state index < -0.39 is 11.3 Å². The molecule has 1 aliphatic rings. The van der Waals surface area contributed by atoms with Crippen molar-refractivity contribution in [1.82, 2.24) is 9.88 Å². The summed E-state index contributed by atoms with van der Waals surface area (Å²) in [4.78, 5) is 42.2. The van der Waals surface area contributed by atoms with Crippen LogP contribution >= 0.6 is 0 Å². The van der Waals surface area contributed by atoms with Crippen molar-refractivity contribution in [1.29, 1.82) is 0 Å². The Kier molecular flexibility index (Phi) is 6.23. The molecule has 2 heterocycles. The van der Waals surface area contributed by atoms with E-state index in [0.717, 1.165) is 6.42 Å². The minimum Gasteiger partial charge on any atom is -0.369 e. The first kappa shape index (κ1) is 20.5. The number of primary amides is 1. The van der Waals surface area contributed by atoms with E-state index in [-0.39, 0.29) is 18.4 Å². The van der Waals surface area contributed by atoms with E-state index in [0.29, 0.717) is 36.6 Å². The number of hydrogen-bond acceptors (Lipinski definition) is 5. The Morgan fingerprint density at radius 3 is 2.38 bits per heavy atom. The van der Waals surface area contributed by atoms with Crippen LogP contribution in [0.3, 0.4) is 0 Å². The predicted octanol–water partition coefficient (Wildman–Crippen LogP) is 1.50. The summed E-state index contributed by atoms with van der Waals surface area (Å²) in [5.41, 5.74) is 6.81. The van der Waals surface area contributed by atoms with Crippen LogP contribution in [0.4, 0.5) is 11.4 Å². The molecule has 29 heavy (non-hydrogen) atoms. The summed E-state index contributed by atoms with van der Waals surface area (Å²) in [7, 11) is 0. The minimum atomic E-state index is -0.889. The zero-order chi connectivity index (χ0) is 20.9. The fourth-order valence-corrected chi connectivity index (χ4v) is 3.71. The Labute approximate surface area is 169 Å². The Morgan fingerprint density at radius 2 is 1.79 bits per heavy atom. The number of aromatic nitrogens is 1. The van der Waals surface area contributed by atoms with E-state index in [4.69, 9.17) is 5.73 Å². The highest BCUT2D eigenvalue weighted by molar-refractivity contribution is 5.93. The largest absolute Gasteiger partial charge is 0.369 e. The highest BCUT2D eigenvalue weighted by Crippen LogP contribution is 2.32. The lowest BCUT2D eigenvalue weighted by molar-refractivity contribution is -0.127. The molecule has 1 aliphatic heterocycles. The van der Waals surface area contributed by atoms with Crippen molar-refractivity contribution in [3.8, 4) is 0 Å². The number of rotatable bonds is 6. The molecule has 0 radical (unpaired) electrons. The second-order valence-electron chi connectivity index (χ2n) is 7.28. The van der Waals surface area contributed by atoms with Crippen LogP contribution in [0.15, 0.2) is 48.7 Å². The number of carbonyl (C=O) groups is 3. The smallest absolute Gasteiger partial charge is 0.238 e. The first-order chi connectivity index (χ1) is 13.9. The predicted molar refractivity (Wildman–Crippen MR) is 110 cm³/mol. The Morgan fingerprint density at radius 1 is 1.10 bits per heavy atom. The van der Waals surface area contributed by atoms with Gasteiger partial charge >= 0.3 is 0 Å². The zero-order valence-corrected chi connectivity index (χ0v) is 16.4. The van der Waals surface area contributed by atoms with Gasteiger partial charge in [0.2, 0.25) is 17.7 Å². The van der Waals surface area contributed by atoms with E-state index >= 15 is 0 Å². The number of anilines is 2. The lowest BCUT2D eigenvalue weighted by Gasteiger charge is -2.40. The molecule has 0 spiro atoms. The molecule has 4 N–H and O–H groups in total. The molecule has 1 unspecified atom stereocenters. The Hall–Kier alpha value is -3.26. The fraction of sp³-hybridized carbons (Fsp3) is 0.333. The molecule has 1 aromatic carbocycles. The number of piperidine rings is 1. The van der Waals surface area contributed by atoms with Gasteiger partial charge in [0.25, 0.3) is 0 Å². The standard InChI is InChI=1S/C21H25N5O3/c1-15(27)24-16-6-8-17(9-7-16)25-19(28)13-26-12-4-10-21(14-26,20(22)29)18-5-2-3-11-23-18/h2-3,5-9,11H,4,10,12-14H2,1H3,(H2,22,29)(H,24,27)(H,25,28). The molecule has 8 nitrogen and oxygen atoms in total. The van der Waals surface area contributed by atoms with E-state index in [1.165, 1.54) is 6.92 Å². The molecule has 2 aromatic rings. The quantitative estimate of drug-likeness (QED) is 0.685. The van der Waals surface area contributed by atoms with Crippen molar-refractivity contribution in [2.24, 2.45) is 5.73 Å². The van der Waals surface area contributed by atoms with E-state index in [9.17, 15) is 14.4 Å². The maximum absolute atomic E-state index is 12.5. The Balaban J connectivity index is 1.64. The van der Waals surface area contributed by atoms with Crippen molar-refractivity contribution in [2.45, 2.75) is 25.2 Å². The van der Waals surface area contributed by atoms with Gasteiger partial charge in [0.1, 0.15) is 5.41 Å². The van der Waals surface area contributed by atoms with Gasteiger partial charge in [-0.2, -0.15) is 0 Å². The maximum Gasteiger partial charge on any atom is 0.238 e. The first-order valence-electron chi connectivity index (χ1n) is 9.50. The molecule has 0 saturated carbocycles. The van der Waals surface area contributed by atoms with Crippen LogP contribution in [0.25, 0.3) is 0 Å². The fourth-order valence-electron chi connectivity index (χ4n) is 3.71. The van der Waals surface area contributed by atoms with E-state index in [2.05, 4.69) is 15.6 Å². The second kappa shape index (κ2) is 8.83. The van der Waals surface area contributed by atoms with Crippen molar-refractivity contribution in [3.63, 3.8) is 0 Å². The van der Waals surface area contributed by atoms with Crippen LogP contribution < -0.4 is 16.4 Å². The van der Waals surface area contributed by atoms with Gasteiger partial charge in [-0.05, 0) is 55.8 Å². The summed E-state index contributed by atoms with van der Waals surface area (Å²) >= 11 is 0. The van der Waals surface area contributed by atoms with Gasteiger partial charge < -0.3 is 16.4 Å². The highest BCUT2D eigenvalue weighted by Gasteiger charge is 2.43. The number of benzene rings is 1. The van der Waals surface area contributed by atoms with Crippen LogP contribution in [0, 0.1) is 0 Å². The summed E-state index contributed by atoms with van der Waals surface area (Å²) in [6.07, 6.45) is 3.01. The van der Waals surface area contributed by atoms with Crippen LogP contribution in [0.2, 0.25) is 0 Å². The minimum absolute atomic E-state index is 0.148. The van der Waals surface area contributed by atoms with Crippen LogP contribution in [0.5, 0.6) is 0 Å². The summed E-state index contributed by atoms with van der Waals surface area (Å²) < 4.78 is 0. The lowest BCUT2D eigenvalue weighted by Crippen LogP contribution is -2.55. The average Bonchev–Trinajstić information content (AvgIpc) is 2.69. The van der Waals surface area contributed by atoms with Gasteiger partial charge in [0.15, 0.2) is 0 Å². The molecule has 0 aliphatic carbocycles. The number of nitrogens with two attached hydrogens (primary N) is 1. The SMILES string of the molecule is CC(=O)Nc1ccc(NC(=O)CN2CCCC(C(N)=O)(c3ccccn3)C2)cc1. The number of nitrogens with one attached hydrogen (secondary N) is 2. The van der Waals surface area contributed by atoms with Crippen molar-refractivity contribution < 1.29 is 14.4 Å². The number of hydrogen-bond donors (Lipinski definition) is 3. The van der Waals surface area contributed by atoms with Gasteiger partial charge in [0.05, 0.1) is 12.2 Å². The molecule has 3 rings (SSSR count). The monoisotopic (exact) mass is 395 g/mol. The van der Waals surface area contributed by atoms with Gasteiger partial charge in [-0.25, -0.2) is 0 Å². The molecule has 1 fully saturated rings. The first-order valence-corrected chi connectivity index (χ1v) is 9.50. The molecule has 152 valence electrons. The third-order valence-electron chi connectivity index (χ3n) is 5.05. The number of amides is 3. The second-order valence-corrected chi connectivity index (χ2v) is 7.28. The zero-order valence-electron chi connectivity index (χ0n) is 16.4. The highest BCUT2D eigenvalue weighted by atomic mass is 16.2. The third kappa shape index (κ3) is 4.97. The molecule has 3 amide bonds. The van der Waals surface area contributed by atoms with Gasteiger partial charge in [-0.15, -0.1) is 0 Å². The van der Waals surface area contributed by atoms with E-state index in [1.54, 1.807) is 36.5 Å². The summed E-state index contributed by atoms with van der Waals surface area (Å²) in [6.45, 7) is 2.64. The third-order valence-corrected chi connectivity index (χ3v) is 5.05. The van der Waals surface area contributed by atoms with Crippen LogP contribution in [-0.4, -0.2) is 47.2 Å². The summed E-state index contributed by atoms with van der Waals surface area (Å²) in [5.74, 6) is -0.758. The van der Waals surface area contributed by atoms with Crippen molar-refractivity contribution in [2.75, 3.05) is 30.3 Å². The maximum atomic E-state index is 12.5. The molecule has 8 heteroatoms. The van der Waals surface area contributed by atoms with Crippen LogP contribution in [-0.2, 0) is 19.8 Å². The van der Waals surface area contributed by atoms with Gasteiger partial charge in [0, 0.05) is 31.0 Å². The molecular formula is C21H25N5O3. The summed E-state index contributed by atoms with van der Waals surface area (Å²) in [5, 5.41) is 5.52. The van der Waals surface area contributed by atoms with Gasteiger partial charge in [-0.1, -0.05) is 6.07 Å². The average molecular weight is 395 g/mol.